The van der Waals surface area contributed by atoms with Gasteiger partial charge in [-0.05, 0) is 33.1 Å². The average molecular weight is 314 g/mol. The van der Waals surface area contributed by atoms with Crippen LogP contribution < -0.4 is 0 Å². The molecule has 126 valence electrons. The van der Waals surface area contributed by atoms with E-state index in [0.29, 0.717) is 11.6 Å². The van der Waals surface area contributed by atoms with Crippen LogP contribution >= 0.6 is 0 Å². The Hall–Kier alpha value is -1.63. The molecule has 0 radical (unpaired) electrons. The highest BCUT2D eigenvalue weighted by atomic mass is 16.7. The molecule has 0 aromatic heterocycles. The van der Waals surface area contributed by atoms with Crippen molar-refractivity contribution in [3.8, 4) is 0 Å². The molecule has 2 unspecified atom stereocenters. The third-order valence-electron chi connectivity index (χ3n) is 3.77. The van der Waals surface area contributed by atoms with Gasteiger partial charge in [0, 0.05) is 0 Å². The van der Waals surface area contributed by atoms with Crippen LogP contribution in [0.2, 0.25) is 0 Å². The molecule has 1 heterocycles. The molecule has 0 aromatic carbocycles. The van der Waals surface area contributed by atoms with Crippen LogP contribution in [0.15, 0.2) is 0 Å². The predicted molar refractivity (Wildman–Crippen MR) is 78.3 cm³/mol. The SMILES string of the molecule is CCCCC1CN(OC(=O)C(C)(C)C)C(=O)C1CN(O)C=O. The Kier molecular flexibility index (Phi) is 6.34. The van der Waals surface area contributed by atoms with Crippen molar-refractivity contribution in [2.45, 2.75) is 47.0 Å². The number of hydrogen-bond acceptors (Lipinski definition) is 5. The van der Waals surface area contributed by atoms with Crippen molar-refractivity contribution in [2.24, 2.45) is 17.3 Å². The monoisotopic (exact) mass is 314 g/mol. The Balaban J connectivity index is 2.79. The number of unbranched alkanes of at least 4 members (excludes halogenated alkanes) is 1. The molecule has 0 aromatic rings. The summed E-state index contributed by atoms with van der Waals surface area (Å²) in [5.41, 5.74) is -0.705. The molecule has 1 saturated heterocycles. The lowest BCUT2D eigenvalue weighted by Crippen LogP contribution is -2.37. The van der Waals surface area contributed by atoms with E-state index in [1.807, 2.05) is 6.92 Å². The van der Waals surface area contributed by atoms with Gasteiger partial charge in [0.25, 0.3) is 5.91 Å². The van der Waals surface area contributed by atoms with Crippen LogP contribution in [-0.2, 0) is 19.2 Å². The second-order valence-electron chi connectivity index (χ2n) is 6.76. The summed E-state index contributed by atoms with van der Waals surface area (Å²) in [4.78, 5) is 40.1. The maximum atomic E-state index is 12.4. The molecule has 2 atom stereocenters. The number of amides is 2. The quantitative estimate of drug-likeness (QED) is 0.438. The van der Waals surface area contributed by atoms with Gasteiger partial charge in [0.05, 0.1) is 24.4 Å². The van der Waals surface area contributed by atoms with Gasteiger partial charge >= 0.3 is 5.97 Å². The Bertz CT molecular complexity index is 419. The molecule has 1 N–H and O–H groups in total. The highest BCUT2D eigenvalue weighted by Gasteiger charge is 2.43. The summed E-state index contributed by atoms with van der Waals surface area (Å²) in [6.45, 7) is 7.41. The summed E-state index contributed by atoms with van der Waals surface area (Å²) in [6.07, 6.45) is 2.97. The van der Waals surface area contributed by atoms with E-state index in [2.05, 4.69) is 0 Å². The van der Waals surface area contributed by atoms with Crippen molar-refractivity contribution in [1.82, 2.24) is 10.1 Å². The zero-order valence-corrected chi connectivity index (χ0v) is 13.7. The van der Waals surface area contributed by atoms with Crippen LogP contribution in [0, 0.1) is 17.3 Å². The molecule has 2 amide bonds. The lowest BCUT2D eigenvalue weighted by Gasteiger charge is -2.22. The first-order valence-electron chi connectivity index (χ1n) is 7.65. The molecule has 1 rings (SSSR count). The molecule has 0 saturated carbocycles. The standard InChI is InChI=1S/C15H26N2O5/c1-5-6-7-11-8-17(22-14(20)15(2,3)4)13(19)12(11)9-16(21)10-18/h10-12,21H,5-9H2,1-4H3. The lowest BCUT2D eigenvalue weighted by molar-refractivity contribution is -0.202. The van der Waals surface area contributed by atoms with Crippen LogP contribution in [0.4, 0.5) is 0 Å². The maximum Gasteiger partial charge on any atom is 0.337 e. The second kappa shape index (κ2) is 7.58. The van der Waals surface area contributed by atoms with Crippen molar-refractivity contribution in [3.05, 3.63) is 0 Å². The Morgan fingerprint density at radius 3 is 2.64 bits per heavy atom. The molecule has 0 spiro atoms. The van der Waals surface area contributed by atoms with Crippen molar-refractivity contribution in [1.29, 1.82) is 0 Å². The second-order valence-corrected chi connectivity index (χ2v) is 6.76. The number of hydroxylamine groups is 4. The summed E-state index contributed by atoms with van der Waals surface area (Å²) in [5.74, 6) is -1.43. The molecule has 1 fully saturated rings. The van der Waals surface area contributed by atoms with E-state index < -0.39 is 17.3 Å². The topological polar surface area (TPSA) is 87.2 Å². The Labute approximate surface area is 131 Å². The molecule has 0 bridgehead atoms. The molecule has 22 heavy (non-hydrogen) atoms. The van der Waals surface area contributed by atoms with Gasteiger partial charge in [0.15, 0.2) is 0 Å². The van der Waals surface area contributed by atoms with Gasteiger partial charge in [-0.15, -0.1) is 0 Å². The highest BCUT2D eigenvalue weighted by molar-refractivity contribution is 5.83. The van der Waals surface area contributed by atoms with Gasteiger partial charge in [-0.3, -0.25) is 14.8 Å². The summed E-state index contributed by atoms with van der Waals surface area (Å²) in [5, 5.41) is 10.9. The molecule has 1 aliphatic heterocycles. The van der Waals surface area contributed by atoms with E-state index in [1.54, 1.807) is 20.8 Å². The lowest BCUT2D eigenvalue weighted by atomic mass is 9.90. The van der Waals surface area contributed by atoms with Gasteiger partial charge < -0.3 is 4.84 Å². The van der Waals surface area contributed by atoms with Gasteiger partial charge in [0.2, 0.25) is 6.41 Å². The average Bonchev–Trinajstić information content (AvgIpc) is 2.72. The summed E-state index contributed by atoms with van der Waals surface area (Å²) >= 11 is 0. The molecule has 7 nitrogen and oxygen atoms in total. The minimum atomic E-state index is -0.705. The van der Waals surface area contributed by atoms with Crippen molar-refractivity contribution >= 4 is 18.3 Å². The number of carbonyl (C=O) groups is 3. The van der Waals surface area contributed by atoms with E-state index in [9.17, 15) is 19.6 Å². The highest BCUT2D eigenvalue weighted by Crippen LogP contribution is 2.31. The summed E-state index contributed by atoms with van der Waals surface area (Å²) in [7, 11) is 0. The third kappa shape index (κ3) is 4.69. The van der Waals surface area contributed by atoms with Crippen molar-refractivity contribution in [2.75, 3.05) is 13.1 Å². The smallest absolute Gasteiger partial charge is 0.337 e. The minimum Gasteiger partial charge on any atom is -0.338 e. The van der Waals surface area contributed by atoms with E-state index in [1.165, 1.54) is 0 Å². The molecule has 1 aliphatic rings. The van der Waals surface area contributed by atoms with Gasteiger partial charge in [-0.2, -0.15) is 5.06 Å². The van der Waals surface area contributed by atoms with Crippen LogP contribution in [0.3, 0.4) is 0 Å². The fraction of sp³-hybridized carbons (Fsp3) is 0.800. The number of carbonyl (C=O) groups excluding carboxylic acids is 3. The zero-order valence-electron chi connectivity index (χ0n) is 13.7. The number of rotatable bonds is 7. The molecular weight excluding hydrogens is 288 g/mol. The van der Waals surface area contributed by atoms with Crippen molar-refractivity contribution < 1.29 is 24.4 Å². The van der Waals surface area contributed by atoms with E-state index in [-0.39, 0.29) is 24.8 Å². The van der Waals surface area contributed by atoms with Gasteiger partial charge in [0.1, 0.15) is 0 Å². The van der Waals surface area contributed by atoms with Crippen LogP contribution in [0.5, 0.6) is 0 Å². The number of nitrogens with zero attached hydrogens (tertiary/aromatic N) is 2. The predicted octanol–water partition coefficient (Wildman–Crippen LogP) is 1.60. The minimum absolute atomic E-state index is 0.0465. The van der Waals surface area contributed by atoms with Crippen molar-refractivity contribution in [3.63, 3.8) is 0 Å². The first kappa shape index (κ1) is 18.4. The largest absolute Gasteiger partial charge is 0.338 e. The molecular formula is C15H26N2O5. The van der Waals surface area contributed by atoms with Crippen LogP contribution in [0.1, 0.15) is 47.0 Å². The van der Waals surface area contributed by atoms with Gasteiger partial charge in [-0.25, -0.2) is 9.86 Å². The molecule has 0 aliphatic carbocycles. The first-order valence-corrected chi connectivity index (χ1v) is 7.65. The van der Waals surface area contributed by atoms with E-state index in [0.717, 1.165) is 24.3 Å². The number of hydrogen-bond donors (Lipinski definition) is 1. The first-order chi connectivity index (χ1) is 10.2. The Morgan fingerprint density at radius 2 is 2.14 bits per heavy atom. The van der Waals surface area contributed by atoms with E-state index in [4.69, 9.17) is 4.84 Å². The third-order valence-corrected chi connectivity index (χ3v) is 3.77. The Morgan fingerprint density at radius 1 is 1.50 bits per heavy atom. The fourth-order valence-corrected chi connectivity index (χ4v) is 2.37. The maximum absolute atomic E-state index is 12.4. The fourth-order valence-electron chi connectivity index (χ4n) is 2.37. The summed E-state index contributed by atoms with van der Waals surface area (Å²) < 4.78 is 0. The normalized spacial score (nSPS) is 21.9. The summed E-state index contributed by atoms with van der Waals surface area (Å²) in [6, 6.07) is 0. The van der Waals surface area contributed by atoms with E-state index >= 15 is 0 Å². The zero-order chi connectivity index (χ0) is 16.9. The van der Waals surface area contributed by atoms with Crippen LogP contribution in [-0.4, -0.2) is 46.7 Å². The molecule has 7 heteroatoms. The van der Waals surface area contributed by atoms with Crippen LogP contribution in [0.25, 0.3) is 0 Å². The van der Waals surface area contributed by atoms with Gasteiger partial charge in [-0.1, -0.05) is 19.8 Å².